The molecule has 23 heavy (non-hydrogen) atoms. The van der Waals surface area contributed by atoms with Gasteiger partial charge < -0.3 is 0 Å². The standard InChI is InChI=1S/C17H13N3OS2/c1-10-3-5-12(6-4-10)15-18-17-20(19-15)16(21)14(23-17)9-13-11(2)7-8-22-13/h3-9H,1-2H3. The maximum Gasteiger partial charge on any atom is 0.291 e. The Kier molecular flexibility index (Phi) is 3.36. The van der Waals surface area contributed by atoms with Crippen LogP contribution in [0.5, 0.6) is 0 Å². The Labute approximate surface area is 140 Å². The van der Waals surface area contributed by atoms with Crippen molar-refractivity contribution in [3.63, 3.8) is 0 Å². The second-order valence-corrected chi connectivity index (χ2v) is 7.34. The van der Waals surface area contributed by atoms with Gasteiger partial charge in [-0.05, 0) is 36.9 Å². The third-order valence-electron chi connectivity index (χ3n) is 3.66. The second kappa shape index (κ2) is 5.40. The third-order valence-corrected chi connectivity index (χ3v) is 5.58. The number of thiazole rings is 1. The van der Waals surface area contributed by atoms with Crippen molar-refractivity contribution in [2.24, 2.45) is 0 Å². The van der Waals surface area contributed by atoms with Gasteiger partial charge in [0.15, 0.2) is 5.82 Å². The minimum absolute atomic E-state index is 0.108. The van der Waals surface area contributed by atoms with E-state index >= 15 is 0 Å². The van der Waals surface area contributed by atoms with Gasteiger partial charge in [-0.15, -0.1) is 16.4 Å². The summed E-state index contributed by atoms with van der Waals surface area (Å²) in [5, 5.41) is 6.40. The van der Waals surface area contributed by atoms with Gasteiger partial charge in [0.1, 0.15) is 0 Å². The first-order valence-electron chi connectivity index (χ1n) is 7.14. The minimum atomic E-state index is -0.108. The second-order valence-electron chi connectivity index (χ2n) is 5.38. The monoisotopic (exact) mass is 339 g/mol. The number of thiophene rings is 1. The van der Waals surface area contributed by atoms with Crippen LogP contribution in [0.3, 0.4) is 0 Å². The van der Waals surface area contributed by atoms with Crippen molar-refractivity contribution in [1.29, 1.82) is 0 Å². The lowest BCUT2D eigenvalue weighted by molar-refractivity contribution is 0.937. The van der Waals surface area contributed by atoms with E-state index in [1.165, 1.54) is 27.0 Å². The summed E-state index contributed by atoms with van der Waals surface area (Å²) in [6, 6.07) is 10.0. The van der Waals surface area contributed by atoms with Gasteiger partial charge in [-0.1, -0.05) is 41.2 Å². The van der Waals surface area contributed by atoms with Crippen LogP contribution in [0.25, 0.3) is 22.4 Å². The van der Waals surface area contributed by atoms with Gasteiger partial charge in [0.2, 0.25) is 4.96 Å². The molecule has 0 saturated heterocycles. The predicted molar refractivity (Wildman–Crippen MR) is 95.1 cm³/mol. The van der Waals surface area contributed by atoms with Crippen molar-refractivity contribution in [2.45, 2.75) is 13.8 Å². The minimum Gasteiger partial charge on any atom is -0.266 e. The quantitative estimate of drug-likeness (QED) is 0.564. The molecule has 0 aliphatic rings. The van der Waals surface area contributed by atoms with Gasteiger partial charge in [-0.3, -0.25) is 4.79 Å². The van der Waals surface area contributed by atoms with Crippen molar-refractivity contribution in [2.75, 3.05) is 0 Å². The molecule has 0 aliphatic heterocycles. The molecule has 4 nitrogen and oxygen atoms in total. The Morgan fingerprint density at radius 1 is 1.13 bits per heavy atom. The molecule has 0 bridgehead atoms. The Hall–Kier alpha value is -2.31. The van der Waals surface area contributed by atoms with Gasteiger partial charge >= 0.3 is 0 Å². The lowest BCUT2D eigenvalue weighted by atomic mass is 10.1. The fourth-order valence-corrected chi connectivity index (χ4v) is 4.13. The Morgan fingerprint density at radius 3 is 2.57 bits per heavy atom. The van der Waals surface area contributed by atoms with E-state index in [-0.39, 0.29) is 5.56 Å². The van der Waals surface area contributed by atoms with Gasteiger partial charge in [-0.2, -0.15) is 9.50 Å². The van der Waals surface area contributed by atoms with Crippen LogP contribution in [0.1, 0.15) is 16.0 Å². The van der Waals surface area contributed by atoms with Crippen molar-refractivity contribution >= 4 is 33.7 Å². The molecular formula is C17H13N3OS2. The normalized spacial score (nSPS) is 12.3. The molecular weight excluding hydrogens is 326 g/mol. The number of rotatable bonds is 2. The molecule has 3 heterocycles. The highest BCUT2D eigenvalue weighted by molar-refractivity contribution is 7.15. The van der Waals surface area contributed by atoms with Crippen LogP contribution < -0.4 is 10.1 Å². The summed E-state index contributed by atoms with van der Waals surface area (Å²) in [5.74, 6) is 0.590. The molecule has 6 heteroatoms. The highest BCUT2D eigenvalue weighted by atomic mass is 32.1. The Bertz CT molecular complexity index is 1100. The number of benzene rings is 1. The number of hydrogen-bond donors (Lipinski definition) is 0. The summed E-state index contributed by atoms with van der Waals surface area (Å²) in [6.07, 6.45) is 1.93. The molecule has 0 saturated carbocycles. The first-order chi connectivity index (χ1) is 11.1. The molecule has 0 fully saturated rings. The summed E-state index contributed by atoms with van der Waals surface area (Å²) in [5.41, 5.74) is 3.17. The molecule has 0 N–H and O–H groups in total. The maximum absolute atomic E-state index is 12.5. The largest absolute Gasteiger partial charge is 0.291 e. The molecule has 0 amide bonds. The van der Waals surface area contributed by atoms with E-state index in [9.17, 15) is 4.79 Å². The van der Waals surface area contributed by atoms with Crippen LogP contribution >= 0.6 is 22.7 Å². The topological polar surface area (TPSA) is 47.3 Å². The SMILES string of the molecule is Cc1ccc(-c2nc3sc(=Cc4sccc4C)c(=O)n3n2)cc1. The lowest BCUT2D eigenvalue weighted by Gasteiger charge is -1.95. The average Bonchev–Trinajstić information content (AvgIpc) is 3.20. The highest BCUT2D eigenvalue weighted by Gasteiger charge is 2.12. The fourth-order valence-electron chi connectivity index (χ4n) is 2.31. The molecule has 3 aromatic heterocycles. The molecule has 0 atom stereocenters. The molecule has 4 rings (SSSR count). The van der Waals surface area contributed by atoms with Gasteiger partial charge in [0, 0.05) is 10.4 Å². The lowest BCUT2D eigenvalue weighted by Crippen LogP contribution is -2.23. The zero-order valence-electron chi connectivity index (χ0n) is 12.6. The summed E-state index contributed by atoms with van der Waals surface area (Å²) in [7, 11) is 0. The van der Waals surface area contributed by atoms with Gasteiger partial charge in [0.05, 0.1) is 4.53 Å². The first kappa shape index (κ1) is 14.3. The van der Waals surface area contributed by atoms with Crippen LogP contribution in [0.4, 0.5) is 0 Å². The number of fused-ring (bicyclic) bond motifs is 1. The van der Waals surface area contributed by atoms with Crippen molar-refractivity contribution in [3.05, 3.63) is 66.6 Å². The van der Waals surface area contributed by atoms with Crippen molar-refractivity contribution in [1.82, 2.24) is 14.6 Å². The van der Waals surface area contributed by atoms with Crippen molar-refractivity contribution < 1.29 is 0 Å². The first-order valence-corrected chi connectivity index (χ1v) is 8.84. The van der Waals surface area contributed by atoms with Gasteiger partial charge in [-0.25, -0.2) is 0 Å². The smallest absolute Gasteiger partial charge is 0.266 e. The summed E-state index contributed by atoms with van der Waals surface area (Å²) < 4.78 is 2.07. The van der Waals surface area contributed by atoms with E-state index in [4.69, 9.17) is 0 Å². The maximum atomic E-state index is 12.5. The zero-order chi connectivity index (χ0) is 16.0. The Morgan fingerprint density at radius 2 is 1.91 bits per heavy atom. The summed E-state index contributed by atoms with van der Waals surface area (Å²) in [4.78, 5) is 18.7. The molecule has 0 radical (unpaired) electrons. The Balaban J connectivity index is 1.84. The highest BCUT2D eigenvalue weighted by Crippen LogP contribution is 2.18. The fraction of sp³-hybridized carbons (Fsp3) is 0.118. The number of nitrogens with zero attached hydrogens (tertiary/aromatic N) is 3. The van der Waals surface area contributed by atoms with E-state index in [0.717, 1.165) is 10.4 Å². The van der Waals surface area contributed by atoms with E-state index in [1.54, 1.807) is 11.3 Å². The van der Waals surface area contributed by atoms with E-state index < -0.39 is 0 Å². The van der Waals surface area contributed by atoms with Crippen LogP contribution in [-0.4, -0.2) is 14.6 Å². The van der Waals surface area contributed by atoms with Gasteiger partial charge in [0.25, 0.3) is 5.56 Å². The van der Waals surface area contributed by atoms with E-state index in [2.05, 4.69) is 10.1 Å². The number of aryl methyl sites for hydroxylation is 2. The molecule has 1 aromatic carbocycles. The third kappa shape index (κ3) is 2.50. The van der Waals surface area contributed by atoms with Crippen molar-refractivity contribution in [3.8, 4) is 11.4 Å². The molecule has 114 valence electrons. The molecule has 0 aliphatic carbocycles. The number of aromatic nitrogens is 3. The van der Waals surface area contributed by atoms with E-state index in [1.807, 2.05) is 55.6 Å². The van der Waals surface area contributed by atoms with Crippen LogP contribution in [0.2, 0.25) is 0 Å². The molecule has 0 spiro atoms. The summed E-state index contributed by atoms with van der Waals surface area (Å²) in [6.45, 7) is 4.08. The molecule has 0 unspecified atom stereocenters. The van der Waals surface area contributed by atoms with E-state index in [0.29, 0.717) is 15.3 Å². The summed E-state index contributed by atoms with van der Waals surface area (Å²) >= 11 is 3.01. The number of hydrogen-bond acceptors (Lipinski definition) is 5. The zero-order valence-corrected chi connectivity index (χ0v) is 14.2. The van der Waals surface area contributed by atoms with Crippen LogP contribution in [0.15, 0.2) is 40.5 Å². The van der Waals surface area contributed by atoms with Crippen LogP contribution in [0, 0.1) is 13.8 Å². The van der Waals surface area contributed by atoms with Crippen LogP contribution in [-0.2, 0) is 0 Å². The predicted octanol–water partition coefficient (Wildman–Crippen LogP) is 3.04. The average molecular weight is 339 g/mol. The molecule has 4 aromatic rings.